The Hall–Kier alpha value is -2.20. The van der Waals surface area contributed by atoms with Crippen molar-refractivity contribution < 1.29 is 9.90 Å². The van der Waals surface area contributed by atoms with Gasteiger partial charge >= 0.3 is 0 Å². The van der Waals surface area contributed by atoms with E-state index in [0.717, 1.165) is 23.2 Å². The SMILES string of the molecule is Cc1cc(CO)cc(C(=O)c2c(CC3CC3)c(C)[nH]c(=O)c2C(C)C)c1. The average Bonchev–Trinajstić information content (AvgIpc) is 3.39. The van der Waals surface area contributed by atoms with Crippen molar-refractivity contribution in [2.24, 2.45) is 5.92 Å². The van der Waals surface area contributed by atoms with Gasteiger partial charge in [0.2, 0.25) is 0 Å². The molecule has 1 aliphatic carbocycles. The molecule has 1 saturated carbocycles. The van der Waals surface area contributed by atoms with Crippen LogP contribution < -0.4 is 5.56 Å². The van der Waals surface area contributed by atoms with E-state index in [-0.39, 0.29) is 23.9 Å². The minimum atomic E-state index is -0.171. The molecule has 4 nitrogen and oxygen atoms in total. The van der Waals surface area contributed by atoms with Gasteiger partial charge in [-0.3, -0.25) is 9.59 Å². The zero-order valence-electron chi connectivity index (χ0n) is 16.0. The molecule has 0 aliphatic heterocycles. The van der Waals surface area contributed by atoms with Crippen LogP contribution in [0.25, 0.3) is 0 Å². The Bertz CT molecular complexity index is 904. The number of hydrogen-bond donors (Lipinski definition) is 2. The smallest absolute Gasteiger partial charge is 0.252 e. The number of H-pyrrole nitrogens is 1. The third kappa shape index (κ3) is 3.65. The number of aliphatic hydroxyl groups excluding tert-OH is 1. The number of aryl methyl sites for hydroxylation is 2. The summed E-state index contributed by atoms with van der Waals surface area (Å²) in [6.07, 6.45) is 3.20. The maximum absolute atomic E-state index is 13.5. The molecule has 2 N–H and O–H groups in total. The fourth-order valence-electron chi connectivity index (χ4n) is 3.68. The highest BCUT2D eigenvalue weighted by molar-refractivity contribution is 6.11. The Balaban J connectivity index is 2.22. The monoisotopic (exact) mass is 353 g/mol. The molecule has 138 valence electrons. The van der Waals surface area contributed by atoms with E-state index < -0.39 is 0 Å². The number of rotatable bonds is 6. The van der Waals surface area contributed by atoms with Crippen LogP contribution in [0.5, 0.6) is 0 Å². The van der Waals surface area contributed by atoms with Crippen molar-refractivity contribution in [2.75, 3.05) is 0 Å². The van der Waals surface area contributed by atoms with Crippen LogP contribution in [0.3, 0.4) is 0 Å². The Morgan fingerprint density at radius 2 is 1.92 bits per heavy atom. The predicted molar refractivity (Wildman–Crippen MR) is 103 cm³/mol. The third-order valence-corrected chi connectivity index (χ3v) is 5.15. The zero-order chi connectivity index (χ0) is 19.0. The largest absolute Gasteiger partial charge is 0.392 e. The Morgan fingerprint density at radius 3 is 2.50 bits per heavy atom. The summed E-state index contributed by atoms with van der Waals surface area (Å²) in [5.41, 5.74) is 4.93. The molecule has 1 aromatic carbocycles. The third-order valence-electron chi connectivity index (χ3n) is 5.15. The minimum absolute atomic E-state index is 0.0432. The molecule has 2 aromatic rings. The van der Waals surface area contributed by atoms with Gasteiger partial charge in [0.1, 0.15) is 0 Å². The van der Waals surface area contributed by atoms with Crippen molar-refractivity contribution in [3.05, 3.63) is 67.6 Å². The molecule has 1 aliphatic rings. The van der Waals surface area contributed by atoms with Crippen LogP contribution in [0.15, 0.2) is 23.0 Å². The summed E-state index contributed by atoms with van der Waals surface area (Å²) in [7, 11) is 0. The number of hydrogen-bond acceptors (Lipinski definition) is 3. The van der Waals surface area contributed by atoms with Gasteiger partial charge in [0, 0.05) is 22.4 Å². The first-order valence-corrected chi connectivity index (χ1v) is 9.33. The highest BCUT2D eigenvalue weighted by Crippen LogP contribution is 2.36. The van der Waals surface area contributed by atoms with Crippen LogP contribution >= 0.6 is 0 Å². The molecule has 3 rings (SSSR count). The van der Waals surface area contributed by atoms with Gasteiger partial charge in [0.25, 0.3) is 5.56 Å². The zero-order valence-corrected chi connectivity index (χ0v) is 16.0. The minimum Gasteiger partial charge on any atom is -0.392 e. The van der Waals surface area contributed by atoms with Gasteiger partial charge in [-0.15, -0.1) is 0 Å². The van der Waals surface area contributed by atoms with Crippen LogP contribution in [-0.2, 0) is 13.0 Å². The number of aliphatic hydroxyl groups is 1. The van der Waals surface area contributed by atoms with E-state index >= 15 is 0 Å². The summed E-state index contributed by atoms with van der Waals surface area (Å²) in [6.45, 7) is 7.59. The number of carbonyl (C=O) groups is 1. The molecule has 0 radical (unpaired) electrons. The number of nitrogens with one attached hydrogen (secondary N) is 1. The maximum Gasteiger partial charge on any atom is 0.252 e. The first kappa shape index (κ1) is 18.6. The quantitative estimate of drug-likeness (QED) is 0.776. The second-order valence-electron chi connectivity index (χ2n) is 7.84. The van der Waals surface area contributed by atoms with Gasteiger partial charge in [-0.1, -0.05) is 25.5 Å². The molecule has 0 spiro atoms. The average molecular weight is 353 g/mol. The van der Waals surface area contributed by atoms with Crippen LogP contribution in [0.4, 0.5) is 0 Å². The first-order chi connectivity index (χ1) is 12.3. The number of carbonyl (C=O) groups excluding carboxylic acids is 1. The lowest BCUT2D eigenvalue weighted by Gasteiger charge is -2.18. The summed E-state index contributed by atoms with van der Waals surface area (Å²) in [5, 5.41) is 9.49. The fourth-order valence-corrected chi connectivity index (χ4v) is 3.68. The van der Waals surface area contributed by atoms with E-state index in [1.807, 2.05) is 39.8 Å². The van der Waals surface area contributed by atoms with Crippen molar-refractivity contribution in [3.8, 4) is 0 Å². The molecule has 1 aromatic heterocycles. The van der Waals surface area contributed by atoms with Crippen molar-refractivity contribution in [1.82, 2.24) is 4.98 Å². The first-order valence-electron chi connectivity index (χ1n) is 9.33. The highest BCUT2D eigenvalue weighted by atomic mass is 16.3. The van der Waals surface area contributed by atoms with Crippen molar-refractivity contribution in [3.63, 3.8) is 0 Å². The molecule has 0 amide bonds. The standard InChI is InChI=1S/C22H27NO3/c1-12(2)19-20(18(10-15-5-6-15)14(4)23-22(19)26)21(25)17-8-13(3)7-16(9-17)11-24/h7-9,12,15,24H,5-6,10-11H2,1-4H3,(H,23,26). The Morgan fingerprint density at radius 1 is 1.23 bits per heavy atom. The van der Waals surface area contributed by atoms with Crippen LogP contribution in [-0.4, -0.2) is 15.9 Å². The maximum atomic E-state index is 13.5. The van der Waals surface area contributed by atoms with E-state index in [9.17, 15) is 14.7 Å². The second kappa shape index (κ2) is 7.20. The summed E-state index contributed by atoms with van der Waals surface area (Å²) in [6, 6.07) is 5.44. The highest BCUT2D eigenvalue weighted by Gasteiger charge is 2.29. The summed E-state index contributed by atoms with van der Waals surface area (Å²) >= 11 is 0. The van der Waals surface area contributed by atoms with Gasteiger partial charge in [-0.05, 0) is 68.2 Å². The van der Waals surface area contributed by atoms with Gasteiger partial charge in [-0.2, -0.15) is 0 Å². The van der Waals surface area contributed by atoms with Crippen LogP contribution in [0.2, 0.25) is 0 Å². The summed E-state index contributed by atoms with van der Waals surface area (Å²) in [4.78, 5) is 29.1. The number of benzene rings is 1. The number of pyridine rings is 1. The van der Waals surface area contributed by atoms with Gasteiger partial charge < -0.3 is 10.1 Å². The summed E-state index contributed by atoms with van der Waals surface area (Å²) < 4.78 is 0. The van der Waals surface area contributed by atoms with E-state index in [4.69, 9.17) is 0 Å². The normalized spacial score (nSPS) is 14.1. The molecular weight excluding hydrogens is 326 g/mol. The molecule has 4 heteroatoms. The van der Waals surface area contributed by atoms with Crippen molar-refractivity contribution in [2.45, 2.75) is 59.5 Å². The van der Waals surface area contributed by atoms with E-state index in [1.165, 1.54) is 12.8 Å². The molecule has 0 saturated heterocycles. The Kier molecular flexibility index (Phi) is 5.15. The van der Waals surface area contributed by atoms with Crippen molar-refractivity contribution in [1.29, 1.82) is 0 Å². The van der Waals surface area contributed by atoms with Gasteiger partial charge in [-0.25, -0.2) is 0 Å². The molecule has 26 heavy (non-hydrogen) atoms. The van der Waals surface area contributed by atoms with E-state index in [2.05, 4.69) is 4.98 Å². The molecule has 0 atom stereocenters. The number of aromatic amines is 1. The molecule has 0 bridgehead atoms. The van der Waals surface area contributed by atoms with Gasteiger partial charge in [0.05, 0.1) is 6.61 Å². The predicted octanol–water partition coefficient (Wildman–Crippen LogP) is 3.79. The van der Waals surface area contributed by atoms with E-state index in [1.54, 1.807) is 6.07 Å². The van der Waals surface area contributed by atoms with Crippen LogP contribution in [0, 0.1) is 19.8 Å². The lowest BCUT2D eigenvalue weighted by molar-refractivity contribution is 0.103. The number of aromatic nitrogens is 1. The fraction of sp³-hybridized carbons (Fsp3) is 0.455. The number of ketones is 1. The molecule has 1 fully saturated rings. The topological polar surface area (TPSA) is 70.2 Å². The molecular formula is C22H27NO3. The van der Waals surface area contributed by atoms with Crippen LogP contribution in [0.1, 0.15) is 76.5 Å². The Labute approximate surface area is 154 Å². The summed E-state index contributed by atoms with van der Waals surface area (Å²) in [5.74, 6) is 0.451. The lowest BCUT2D eigenvalue weighted by Crippen LogP contribution is -2.24. The second-order valence-corrected chi connectivity index (χ2v) is 7.84. The lowest BCUT2D eigenvalue weighted by atomic mass is 9.86. The van der Waals surface area contributed by atoms with Gasteiger partial charge in [0.15, 0.2) is 5.78 Å². The molecule has 1 heterocycles. The van der Waals surface area contributed by atoms with Crippen molar-refractivity contribution >= 4 is 5.78 Å². The van der Waals surface area contributed by atoms with E-state index in [0.29, 0.717) is 28.2 Å². The molecule has 0 unspecified atom stereocenters.